The summed E-state index contributed by atoms with van der Waals surface area (Å²) < 4.78 is 0. The third-order valence-electron chi connectivity index (χ3n) is 4.03. The zero-order chi connectivity index (χ0) is 16.6. The van der Waals surface area contributed by atoms with Crippen LogP contribution in [-0.2, 0) is 16.2 Å². The summed E-state index contributed by atoms with van der Waals surface area (Å²) >= 11 is 0. The van der Waals surface area contributed by atoms with Crippen molar-refractivity contribution < 1.29 is 9.63 Å². The van der Waals surface area contributed by atoms with E-state index in [4.69, 9.17) is 4.84 Å². The molecule has 1 saturated heterocycles. The van der Waals surface area contributed by atoms with Crippen molar-refractivity contribution in [2.24, 2.45) is 5.16 Å². The molecular formula is C19H21N3O2. The van der Waals surface area contributed by atoms with E-state index in [-0.39, 0.29) is 5.91 Å². The van der Waals surface area contributed by atoms with E-state index in [0.29, 0.717) is 26.0 Å². The average molecular weight is 323 g/mol. The van der Waals surface area contributed by atoms with Gasteiger partial charge in [0, 0.05) is 43.9 Å². The Bertz CT molecular complexity index is 686. The highest BCUT2D eigenvalue weighted by atomic mass is 16.6. The molecule has 24 heavy (non-hydrogen) atoms. The normalized spacial score (nSPS) is 14.9. The molecule has 0 unspecified atom stereocenters. The van der Waals surface area contributed by atoms with Gasteiger partial charge in [-0.3, -0.25) is 9.78 Å². The average Bonchev–Trinajstić information content (AvgIpc) is 3.04. The Morgan fingerprint density at radius 2 is 2.08 bits per heavy atom. The number of pyridine rings is 1. The second-order valence-electron chi connectivity index (χ2n) is 5.77. The van der Waals surface area contributed by atoms with Gasteiger partial charge in [0.1, 0.15) is 6.61 Å². The zero-order valence-corrected chi connectivity index (χ0v) is 13.6. The van der Waals surface area contributed by atoms with Crippen LogP contribution in [-0.4, -0.2) is 34.6 Å². The molecule has 0 N–H and O–H groups in total. The van der Waals surface area contributed by atoms with Crippen molar-refractivity contribution in [2.75, 3.05) is 13.1 Å². The van der Waals surface area contributed by atoms with Crippen LogP contribution in [0.15, 0.2) is 60.0 Å². The molecule has 0 saturated carbocycles. The molecule has 1 amide bonds. The topological polar surface area (TPSA) is 54.8 Å². The fraction of sp³-hybridized carbons (Fsp3) is 0.316. The Hall–Kier alpha value is -2.69. The van der Waals surface area contributed by atoms with Crippen LogP contribution in [0.5, 0.6) is 0 Å². The number of benzene rings is 1. The molecule has 1 aromatic carbocycles. The number of oxime groups is 1. The Labute approximate surface area is 142 Å². The highest BCUT2D eigenvalue weighted by Crippen LogP contribution is 2.12. The molecule has 0 atom stereocenters. The van der Waals surface area contributed by atoms with Crippen LogP contribution < -0.4 is 0 Å². The summed E-state index contributed by atoms with van der Waals surface area (Å²) in [5.41, 5.74) is 2.82. The molecule has 5 nitrogen and oxygen atoms in total. The number of amides is 1. The number of hydrogen-bond acceptors (Lipinski definition) is 4. The van der Waals surface area contributed by atoms with Crippen molar-refractivity contribution in [2.45, 2.75) is 25.9 Å². The predicted octanol–water partition coefficient (Wildman–Crippen LogP) is 3.02. The van der Waals surface area contributed by atoms with E-state index in [9.17, 15) is 4.79 Å². The maximum Gasteiger partial charge on any atom is 0.222 e. The fourth-order valence-corrected chi connectivity index (χ4v) is 2.72. The standard InChI is InChI=1S/C19H21N3O2/c23-19-9-5-12-22(19)13-10-18(17-8-4-11-20-14-17)21-24-15-16-6-2-1-3-7-16/h1-4,6-8,11,14H,5,9-10,12-13,15H2/b21-18-. The number of nitrogens with zero attached hydrogens (tertiary/aromatic N) is 3. The summed E-state index contributed by atoms with van der Waals surface area (Å²) in [5, 5.41) is 4.31. The fourth-order valence-electron chi connectivity index (χ4n) is 2.72. The van der Waals surface area contributed by atoms with Gasteiger partial charge in [-0.1, -0.05) is 35.5 Å². The number of carbonyl (C=O) groups is 1. The maximum absolute atomic E-state index is 11.8. The number of hydrogen-bond donors (Lipinski definition) is 0. The van der Waals surface area contributed by atoms with E-state index in [2.05, 4.69) is 10.1 Å². The monoisotopic (exact) mass is 323 g/mol. The van der Waals surface area contributed by atoms with Crippen molar-refractivity contribution in [3.05, 3.63) is 66.0 Å². The van der Waals surface area contributed by atoms with Gasteiger partial charge in [-0.25, -0.2) is 0 Å². The van der Waals surface area contributed by atoms with Crippen molar-refractivity contribution in [3.8, 4) is 0 Å². The first-order valence-corrected chi connectivity index (χ1v) is 8.24. The summed E-state index contributed by atoms with van der Waals surface area (Å²) in [6.45, 7) is 1.93. The molecular weight excluding hydrogens is 302 g/mol. The summed E-state index contributed by atoms with van der Waals surface area (Å²) in [6.07, 6.45) is 5.77. The minimum Gasteiger partial charge on any atom is -0.391 e. The summed E-state index contributed by atoms with van der Waals surface area (Å²) in [5.74, 6) is 0.228. The third-order valence-corrected chi connectivity index (χ3v) is 4.03. The van der Waals surface area contributed by atoms with Crippen LogP contribution in [0, 0.1) is 0 Å². The first kappa shape index (κ1) is 16.2. The predicted molar refractivity (Wildman–Crippen MR) is 92.4 cm³/mol. The zero-order valence-electron chi connectivity index (χ0n) is 13.6. The number of carbonyl (C=O) groups excluding carboxylic acids is 1. The van der Waals surface area contributed by atoms with Crippen LogP contribution in [0.1, 0.15) is 30.4 Å². The maximum atomic E-state index is 11.8. The Morgan fingerprint density at radius 3 is 2.79 bits per heavy atom. The highest BCUT2D eigenvalue weighted by molar-refractivity contribution is 6.00. The van der Waals surface area contributed by atoms with E-state index in [1.807, 2.05) is 47.4 Å². The Morgan fingerprint density at radius 1 is 1.21 bits per heavy atom. The lowest BCUT2D eigenvalue weighted by molar-refractivity contribution is -0.127. The van der Waals surface area contributed by atoms with Gasteiger partial charge in [-0.05, 0) is 24.1 Å². The molecule has 5 heteroatoms. The molecule has 1 aromatic heterocycles. The quantitative estimate of drug-likeness (QED) is 0.581. The van der Waals surface area contributed by atoms with Crippen molar-refractivity contribution in [1.29, 1.82) is 0 Å². The minimum atomic E-state index is 0.228. The van der Waals surface area contributed by atoms with Gasteiger partial charge in [0.25, 0.3) is 0 Å². The second kappa shape index (κ2) is 8.24. The molecule has 2 aromatic rings. The van der Waals surface area contributed by atoms with E-state index < -0.39 is 0 Å². The molecule has 0 bridgehead atoms. The molecule has 124 valence electrons. The first-order chi connectivity index (χ1) is 11.8. The van der Waals surface area contributed by atoms with Gasteiger partial charge in [-0.15, -0.1) is 0 Å². The van der Waals surface area contributed by atoms with E-state index in [1.165, 1.54) is 0 Å². The number of rotatable bonds is 7. The Kier molecular flexibility index (Phi) is 5.56. The third kappa shape index (κ3) is 4.41. The van der Waals surface area contributed by atoms with Gasteiger partial charge >= 0.3 is 0 Å². The number of aromatic nitrogens is 1. The molecule has 3 rings (SSSR count). The molecule has 0 radical (unpaired) electrons. The van der Waals surface area contributed by atoms with Gasteiger partial charge in [-0.2, -0.15) is 0 Å². The molecule has 2 heterocycles. The molecule has 0 spiro atoms. The molecule has 1 aliphatic rings. The summed E-state index contributed by atoms with van der Waals surface area (Å²) in [6, 6.07) is 13.8. The second-order valence-corrected chi connectivity index (χ2v) is 5.77. The molecule has 1 fully saturated rings. The lowest BCUT2D eigenvalue weighted by Crippen LogP contribution is -2.27. The largest absolute Gasteiger partial charge is 0.391 e. The first-order valence-electron chi connectivity index (χ1n) is 8.24. The van der Waals surface area contributed by atoms with Crippen LogP contribution in [0.3, 0.4) is 0 Å². The van der Waals surface area contributed by atoms with Crippen LogP contribution in [0.2, 0.25) is 0 Å². The van der Waals surface area contributed by atoms with Crippen molar-refractivity contribution >= 4 is 11.6 Å². The van der Waals surface area contributed by atoms with Crippen LogP contribution in [0.4, 0.5) is 0 Å². The van der Waals surface area contributed by atoms with Crippen molar-refractivity contribution in [3.63, 3.8) is 0 Å². The molecule has 0 aliphatic carbocycles. The van der Waals surface area contributed by atoms with Crippen LogP contribution in [0.25, 0.3) is 0 Å². The van der Waals surface area contributed by atoms with Gasteiger partial charge in [0.05, 0.1) is 5.71 Å². The highest BCUT2D eigenvalue weighted by Gasteiger charge is 2.20. The minimum absolute atomic E-state index is 0.228. The van der Waals surface area contributed by atoms with E-state index in [1.54, 1.807) is 12.4 Å². The molecule has 1 aliphatic heterocycles. The lowest BCUT2D eigenvalue weighted by atomic mass is 10.1. The summed E-state index contributed by atoms with van der Waals surface area (Å²) in [4.78, 5) is 23.3. The van der Waals surface area contributed by atoms with Gasteiger partial charge in [0.2, 0.25) is 5.91 Å². The van der Waals surface area contributed by atoms with Gasteiger partial charge in [0.15, 0.2) is 0 Å². The van der Waals surface area contributed by atoms with Gasteiger partial charge < -0.3 is 9.74 Å². The summed E-state index contributed by atoms with van der Waals surface area (Å²) in [7, 11) is 0. The van der Waals surface area contributed by atoms with E-state index >= 15 is 0 Å². The number of likely N-dealkylation sites (tertiary alicyclic amines) is 1. The SMILES string of the molecule is O=C1CCCN1CC/C(=N/OCc1ccccc1)c1cccnc1. The Balaban J connectivity index is 1.65. The van der Waals surface area contributed by atoms with E-state index in [0.717, 1.165) is 29.8 Å². The van der Waals surface area contributed by atoms with Crippen molar-refractivity contribution in [1.82, 2.24) is 9.88 Å². The van der Waals surface area contributed by atoms with Crippen LogP contribution >= 0.6 is 0 Å². The lowest BCUT2D eigenvalue weighted by Gasteiger charge is -2.16. The smallest absolute Gasteiger partial charge is 0.222 e.